The second-order valence-corrected chi connectivity index (χ2v) is 5.46. The average molecular weight is 462 g/mol. The van der Waals surface area contributed by atoms with Crippen molar-refractivity contribution in [2.75, 3.05) is 38.7 Å². The third kappa shape index (κ3) is 11.8. The van der Waals surface area contributed by atoms with Crippen LogP contribution in [0.1, 0.15) is 32.3 Å². The molecule has 0 saturated carbocycles. The van der Waals surface area contributed by atoms with Crippen LogP contribution in [0.2, 0.25) is 0 Å². The van der Waals surface area contributed by atoms with Crippen LogP contribution in [0.25, 0.3) is 0 Å². The fraction of sp³-hybridized carbons (Fsp3) is 0.556. The number of amides is 1. The Morgan fingerprint density at radius 3 is 2.40 bits per heavy atom. The Morgan fingerprint density at radius 1 is 1.12 bits per heavy atom. The Balaban J connectivity index is 0.00000576. The first-order chi connectivity index (χ1) is 11.7. The fourth-order valence-electron chi connectivity index (χ4n) is 2.18. The molecule has 0 unspecified atom stereocenters. The summed E-state index contributed by atoms with van der Waals surface area (Å²) >= 11 is 0. The van der Waals surface area contributed by atoms with Gasteiger partial charge in [0.05, 0.1) is 0 Å². The molecule has 0 spiro atoms. The van der Waals surface area contributed by atoms with Crippen molar-refractivity contribution >= 4 is 41.5 Å². The fourth-order valence-corrected chi connectivity index (χ4v) is 2.18. The molecule has 142 valence electrons. The van der Waals surface area contributed by atoms with E-state index in [1.807, 2.05) is 31.2 Å². The van der Waals surface area contributed by atoms with Crippen LogP contribution in [0.15, 0.2) is 29.3 Å². The maximum atomic E-state index is 11.0. The number of ether oxygens (including phenoxy) is 1. The minimum absolute atomic E-state index is 0. The maximum Gasteiger partial charge on any atom is 0.221 e. The first-order valence-corrected chi connectivity index (χ1v) is 8.54. The van der Waals surface area contributed by atoms with E-state index in [0.29, 0.717) is 0 Å². The molecule has 0 atom stereocenters. The maximum absolute atomic E-state index is 11.0. The summed E-state index contributed by atoms with van der Waals surface area (Å²) in [6, 6.07) is 7.89. The number of guanidine groups is 1. The van der Waals surface area contributed by atoms with Crippen molar-refractivity contribution in [3.05, 3.63) is 29.8 Å². The minimum Gasteiger partial charge on any atom is -0.382 e. The number of hydrogen-bond acceptors (Lipinski definition) is 3. The van der Waals surface area contributed by atoms with Crippen molar-refractivity contribution in [1.82, 2.24) is 10.6 Å². The molecule has 0 radical (unpaired) electrons. The van der Waals surface area contributed by atoms with Gasteiger partial charge in [-0.25, -0.2) is 0 Å². The number of halogens is 1. The lowest BCUT2D eigenvalue weighted by Gasteiger charge is -2.12. The number of carbonyl (C=O) groups excluding carboxylic acids is 1. The quantitative estimate of drug-likeness (QED) is 0.216. The minimum atomic E-state index is -0.0550. The summed E-state index contributed by atoms with van der Waals surface area (Å²) < 4.78 is 5.31. The van der Waals surface area contributed by atoms with E-state index in [-0.39, 0.29) is 29.9 Å². The van der Waals surface area contributed by atoms with Crippen molar-refractivity contribution < 1.29 is 9.53 Å². The summed E-state index contributed by atoms with van der Waals surface area (Å²) in [5, 5.41) is 9.37. The van der Waals surface area contributed by atoms with Gasteiger partial charge >= 0.3 is 0 Å². The molecular weight excluding hydrogens is 431 g/mol. The van der Waals surface area contributed by atoms with Crippen LogP contribution >= 0.6 is 24.0 Å². The zero-order chi connectivity index (χ0) is 17.6. The van der Waals surface area contributed by atoms with Crippen molar-refractivity contribution in [2.24, 2.45) is 4.99 Å². The van der Waals surface area contributed by atoms with Gasteiger partial charge < -0.3 is 20.7 Å². The summed E-state index contributed by atoms with van der Waals surface area (Å²) in [4.78, 5) is 15.2. The Kier molecular flexibility index (Phi) is 14.1. The number of hydrogen-bond donors (Lipinski definition) is 3. The molecule has 0 heterocycles. The zero-order valence-corrected chi connectivity index (χ0v) is 17.8. The van der Waals surface area contributed by atoms with Gasteiger partial charge in [0, 0.05) is 46.0 Å². The molecule has 0 bridgehead atoms. The molecule has 3 N–H and O–H groups in total. The van der Waals surface area contributed by atoms with Crippen LogP contribution in [0.5, 0.6) is 0 Å². The van der Waals surface area contributed by atoms with Crippen LogP contribution in [-0.2, 0) is 16.0 Å². The lowest BCUT2D eigenvalue weighted by molar-refractivity contribution is -0.114. The highest BCUT2D eigenvalue weighted by Gasteiger charge is 1.99. The lowest BCUT2D eigenvalue weighted by atomic mass is 10.1. The predicted octanol–water partition coefficient (Wildman–Crippen LogP) is 2.79. The molecule has 0 aliphatic heterocycles. The van der Waals surface area contributed by atoms with Crippen molar-refractivity contribution in [1.29, 1.82) is 0 Å². The molecule has 1 aromatic rings. The van der Waals surface area contributed by atoms with Crippen molar-refractivity contribution in [3.8, 4) is 0 Å². The van der Waals surface area contributed by atoms with Crippen LogP contribution in [0, 0.1) is 0 Å². The van der Waals surface area contributed by atoms with Crippen LogP contribution < -0.4 is 16.0 Å². The summed E-state index contributed by atoms with van der Waals surface area (Å²) in [7, 11) is 1.78. The summed E-state index contributed by atoms with van der Waals surface area (Å²) in [6.07, 6.45) is 3.01. The lowest BCUT2D eigenvalue weighted by Crippen LogP contribution is -2.38. The summed E-state index contributed by atoms with van der Waals surface area (Å²) in [6.45, 7) is 6.81. The molecule has 0 fully saturated rings. The van der Waals surface area contributed by atoms with E-state index >= 15 is 0 Å². The Labute approximate surface area is 168 Å². The molecule has 6 nitrogen and oxygen atoms in total. The number of carbonyl (C=O) groups is 1. The number of rotatable bonds is 10. The third-order valence-corrected chi connectivity index (χ3v) is 3.42. The standard InChI is InChI=1S/C18H30N4O2.HI/c1-4-24-14-6-5-12-20-18(19-3)21-13-11-16-7-9-17(10-8-16)22-15(2)23;/h7-10H,4-6,11-14H2,1-3H3,(H,22,23)(H2,19,20,21);1H. The SMILES string of the molecule is CCOCCCCNC(=NC)NCCc1ccc(NC(C)=O)cc1.I. The van der Waals surface area contributed by atoms with E-state index in [0.717, 1.165) is 57.2 Å². The number of anilines is 1. The topological polar surface area (TPSA) is 74.8 Å². The molecule has 0 aliphatic rings. The molecule has 1 rings (SSSR count). The van der Waals surface area contributed by atoms with E-state index < -0.39 is 0 Å². The molecule has 0 aromatic heterocycles. The van der Waals surface area contributed by atoms with Gasteiger partial charge in [-0.3, -0.25) is 9.79 Å². The van der Waals surface area contributed by atoms with Gasteiger partial charge in [0.25, 0.3) is 0 Å². The number of nitrogens with one attached hydrogen (secondary N) is 3. The van der Waals surface area contributed by atoms with E-state index in [1.165, 1.54) is 12.5 Å². The Bertz CT molecular complexity index is 506. The highest BCUT2D eigenvalue weighted by molar-refractivity contribution is 14.0. The first-order valence-electron chi connectivity index (χ1n) is 8.54. The van der Waals surface area contributed by atoms with Gasteiger partial charge in [0.1, 0.15) is 0 Å². The third-order valence-electron chi connectivity index (χ3n) is 3.42. The highest BCUT2D eigenvalue weighted by atomic mass is 127. The summed E-state index contributed by atoms with van der Waals surface area (Å²) in [5.41, 5.74) is 2.03. The van der Waals surface area contributed by atoms with Gasteiger partial charge in [-0.2, -0.15) is 0 Å². The van der Waals surface area contributed by atoms with Crippen LogP contribution in [0.4, 0.5) is 5.69 Å². The average Bonchev–Trinajstić information content (AvgIpc) is 2.57. The molecule has 7 heteroatoms. The Hall–Kier alpha value is -1.35. The molecule has 25 heavy (non-hydrogen) atoms. The highest BCUT2D eigenvalue weighted by Crippen LogP contribution is 2.09. The number of benzene rings is 1. The van der Waals surface area contributed by atoms with Gasteiger partial charge in [-0.15, -0.1) is 24.0 Å². The normalized spacial score (nSPS) is 10.8. The predicted molar refractivity (Wildman–Crippen MR) is 115 cm³/mol. The molecular formula is C18H31IN4O2. The van der Waals surface area contributed by atoms with Crippen LogP contribution in [-0.4, -0.2) is 45.2 Å². The second kappa shape index (κ2) is 14.9. The van der Waals surface area contributed by atoms with E-state index in [4.69, 9.17) is 4.74 Å². The number of aliphatic imine (C=N–C) groups is 1. The van der Waals surface area contributed by atoms with Gasteiger partial charge in [0.15, 0.2) is 5.96 Å². The van der Waals surface area contributed by atoms with E-state index in [9.17, 15) is 4.79 Å². The smallest absolute Gasteiger partial charge is 0.221 e. The molecule has 0 aliphatic carbocycles. The largest absolute Gasteiger partial charge is 0.382 e. The molecule has 1 aromatic carbocycles. The van der Waals surface area contributed by atoms with E-state index in [2.05, 4.69) is 20.9 Å². The zero-order valence-electron chi connectivity index (χ0n) is 15.4. The van der Waals surface area contributed by atoms with Gasteiger partial charge in [0.2, 0.25) is 5.91 Å². The monoisotopic (exact) mass is 462 g/mol. The first kappa shape index (κ1) is 23.6. The molecule has 0 saturated heterocycles. The summed E-state index contributed by atoms with van der Waals surface area (Å²) in [5.74, 6) is 0.766. The second-order valence-electron chi connectivity index (χ2n) is 5.46. The van der Waals surface area contributed by atoms with Crippen molar-refractivity contribution in [3.63, 3.8) is 0 Å². The number of unbranched alkanes of at least 4 members (excludes halogenated alkanes) is 1. The Morgan fingerprint density at radius 2 is 1.80 bits per heavy atom. The van der Waals surface area contributed by atoms with E-state index in [1.54, 1.807) is 7.05 Å². The van der Waals surface area contributed by atoms with Gasteiger partial charge in [-0.1, -0.05) is 12.1 Å². The van der Waals surface area contributed by atoms with Crippen molar-refractivity contribution in [2.45, 2.75) is 33.1 Å². The van der Waals surface area contributed by atoms with Crippen LogP contribution in [0.3, 0.4) is 0 Å². The number of nitrogens with zero attached hydrogens (tertiary/aromatic N) is 1. The van der Waals surface area contributed by atoms with Gasteiger partial charge in [-0.05, 0) is 43.9 Å². The molecule has 1 amide bonds.